The number of aromatic nitrogens is 2. The molecule has 0 aromatic carbocycles. The van der Waals surface area contributed by atoms with Gasteiger partial charge in [-0.1, -0.05) is 11.6 Å². The molecule has 1 aromatic rings. The van der Waals surface area contributed by atoms with Crippen LogP contribution in [0.1, 0.15) is 12.1 Å². The Balaban J connectivity index is 2.47. The molecule has 1 heterocycles. The molecule has 0 saturated carbocycles. The molecule has 0 radical (unpaired) electrons. The Morgan fingerprint density at radius 3 is 2.93 bits per heavy atom. The minimum atomic E-state index is -0.613. The zero-order valence-electron chi connectivity index (χ0n) is 8.74. The number of carbonyl (C=O) groups is 1. The monoisotopic (exact) mass is 231 g/mol. The number of esters is 1. The second-order valence-electron chi connectivity index (χ2n) is 3.24. The van der Waals surface area contributed by atoms with E-state index in [9.17, 15) is 4.79 Å². The first-order chi connectivity index (χ1) is 7.04. The van der Waals surface area contributed by atoms with Gasteiger partial charge in [0, 0.05) is 12.7 Å². The quantitative estimate of drug-likeness (QED) is 0.776. The highest BCUT2D eigenvalue weighted by atomic mass is 35.5. The van der Waals surface area contributed by atoms with Gasteiger partial charge in [-0.25, -0.2) is 0 Å². The van der Waals surface area contributed by atoms with E-state index in [0.29, 0.717) is 18.0 Å². The first kappa shape index (κ1) is 12.0. The number of nitrogens with two attached hydrogens (primary N) is 1. The van der Waals surface area contributed by atoms with Gasteiger partial charge in [0.15, 0.2) is 0 Å². The number of hydrogen-bond acceptors (Lipinski definition) is 4. The summed E-state index contributed by atoms with van der Waals surface area (Å²) in [5.41, 5.74) is 6.34. The molecule has 1 unspecified atom stereocenters. The average molecular weight is 232 g/mol. The molecule has 1 aromatic heterocycles. The van der Waals surface area contributed by atoms with Crippen LogP contribution < -0.4 is 5.73 Å². The number of carbonyl (C=O) groups excluding carboxylic acids is 1. The van der Waals surface area contributed by atoms with Crippen LogP contribution in [-0.2, 0) is 16.1 Å². The van der Waals surface area contributed by atoms with E-state index in [2.05, 4.69) is 9.84 Å². The van der Waals surface area contributed by atoms with E-state index in [-0.39, 0.29) is 0 Å². The molecule has 5 nitrogen and oxygen atoms in total. The van der Waals surface area contributed by atoms with Crippen molar-refractivity contribution in [2.75, 3.05) is 7.11 Å². The van der Waals surface area contributed by atoms with Crippen LogP contribution in [0.3, 0.4) is 0 Å². The largest absolute Gasteiger partial charge is 0.468 e. The van der Waals surface area contributed by atoms with Crippen molar-refractivity contribution in [3.05, 3.63) is 16.9 Å². The Labute approximate surface area is 93.1 Å². The number of aryl methyl sites for hydroxylation is 2. The van der Waals surface area contributed by atoms with Crippen LogP contribution in [0.25, 0.3) is 0 Å². The van der Waals surface area contributed by atoms with Crippen LogP contribution in [0.5, 0.6) is 0 Å². The van der Waals surface area contributed by atoms with Crippen LogP contribution in [0.4, 0.5) is 0 Å². The van der Waals surface area contributed by atoms with Gasteiger partial charge in [0.25, 0.3) is 0 Å². The third-order valence-electron chi connectivity index (χ3n) is 2.06. The highest BCUT2D eigenvalue weighted by Gasteiger charge is 2.13. The fraction of sp³-hybridized carbons (Fsp3) is 0.556. The second-order valence-corrected chi connectivity index (χ2v) is 3.65. The molecule has 0 aliphatic rings. The smallest absolute Gasteiger partial charge is 0.322 e. The molecule has 1 rings (SSSR count). The summed E-state index contributed by atoms with van der Waals surface area (Å²) in [7, 11) is 1.32. The van der Waals surface area contributed by atoms with Crippen molar-refractivity contribution in [3.63, 3.8) is 0 Å². The number of methoxy groups -OCH3 is 1. The van der Waals surface area contributed by atoms with Crippen LogP contribution in [0.15, 0.2) is 6.20 Å². The lowest BCUT2D eigenvalue weighted by Gasteiger charge is -2.08. The molecule has 0 aliphatic carbocycles. The van der Waals surface area contributed by atoms with Crippen molar-refractivity contribution >= 4 is 17.6 Å². The lowest BCUT2D eigenvalue weighted by Crippen LogP contribution is -2.32. The van der Waals surface area contributed by atoms with Crippen LogP contribution in [-0.4, -0.2) is 28.9 Å². The molecule has 0 spiro atoms. The van der Waals surface area contributed by atoms with Crippen LogP contribution in [0.2, 0.25) is 5.02 Å². The molecule has 2 N–H and O–H groups in total. The minimum Gasteiger partial charge on any atom is -0.468 e. The Bertz CT molecular complexity index is 332. The SMILES string of the molecule is COC(=O)C(N)CCn1cc(Cl)c(C)n1. The van der Waals surface area contributed by atoms with E-state index in [1.807, 2.05) is 6.92 Å². The van der Waals surface area contributed by atoms with E-state index in [4.69, 9.17) is 17.3 Å². The molecule has 6 heteroatoms. The van der Waals surface area contributed by atoms with Gasteiger partial charge < -0.3 is 10.5 Å². The van der Waals surface area contributed by atoms with Crippen molar-refractivity contribution < 1.29 is 9.53 Å². The van der Waals surface area contributed by atoms with E-state index in [1.54, 1.807) is 10.9 Å². The molecule has 0 saturated heterocycles. The normalized spacial score (nSPS) is 12.5. The molecule has 0 aliphatic heterocycles. The van der Waals surface area contributed by atoms with Crippen LogP contribution in [0, 0.1) is 6.92 Å². The number of ether oxygens (including phenoxy) is 1. The third-order valence-corrected chi connectivity index (χ3v) is 2.43. The first-order valence-corrected chi connectivity index (χ1v) is 4.95. The van der Waals surface area contributed by atoms with Crippen LogP contribution >= 0.6 is 11.6 Å². The van der Waals surface area contributed by atoms with Crippen molar-refractivity contribution in [2.45, 2.75) is 25.9 Å². The summed E-state index contributed by atoms with van der Waals surface area (Å²) in [6.45, 7) is 2.36. The maximum Gasteiger partial charge on any atom is 0.322 e. The summed E-state index contributed by atoms with van der Waals surface area (Å²) >= 11 is 5.83. The van der Waals surface area contributed by atoms with Gasteiger partial charge in [-0.2, -0.15) is 5.10 Å². The summed E-state index contributed by atoms with van der Waals surface area (Å²) in [5, 5.41) is 4.76. The zero-order valence-corrected chi connectivity index (χ0v) is 9.49. The van der Waals surface area contributed by atoms with Gasteiger partial charge in [0.1, 0.15) is 6.04 Å². The molecule has 0 amide bonds. The van der Waals surface area contributed by atoms with E-state index < -0.39 is 12.0 Å². The van der Waals surface area contributed by atoms with Gasteiger partial charge in [-0.15, -0.1) is 0 Å². The Hall–Kier alpha value is -1.07. The molecular weight excluding hydrogens is 218 g/mol. The fourth-order valence-electron chi connectivity index (χ4n) is 1.15. The first-order valence-electron chi connectivity index (χ1n) is 4.57. The van der Waals surface area contributed by atoms with Gasteiger partial charge >= 0.3 is 5.97 Å². The minimum absolute atomic E-state index is 0.412. The van der Waals surface area contributed by atoms with E-state index in [0.717, 1.165) is 5.69 Å². The zero-order chi connectivity index (χ0) is 11.4. The number of nitrogens with zero attached hydrogens (tertiary/aromatic N) is 2. The molecule has 15 heavy (non-hydrogen) atoms. The van der Waals surface area contributed by atoms with Gasteiger partial charge in [-0.3, -0.25) is 9.48 Å². The van der Waals surface area contributed by atoms with E-state index in [1.165, 1.54) is 7.11 Å². The molecule has 0 bridgehead atoms. The molecule has 84 valence electrons. The van der Waals surface area contributed by atoms with Crippen molar-refractivity contribution in [2.24, 2.45) is 5.73 Å². The summed E-state index contributed by atoms with van der Waals surface area (Å²) in [6, 6.07) is -0.613. The lowest BCUT2D eigenvalue weighted by molar-refractivity contribution is -0.142. The Morgan fingerprint density at radius 1 is 1.80 bits per heavy atom. The third kappa shape index (κ3) is 3.21. The summed E-state index contributed by atoms with van der Waals surface area (Å²) in [4.78, 5) is 11.0. The fourth-order valence-corrected chi connectivity index (χ4v) is 1.30. The summed E-state index contributed by atoms with van der Waals surface area (Å²) in [6.07, 6.45) is 2.19. The molecule has 1 atom stereocenters. The number of rotatable bonds is 4. The van der Waals surface area contributed by atoms with Crippen molar-refractivity contribution in [1.82, 2.24) is 9.78 Å². The predicted octanol–water partition coefficient (Wildman–Crippen LogP) is 0.735. The lowest BCUT2D eigenvalue weighted by atomic mass is 10.2. The number of halogens is 1. The standard InChI is InChI=1S/C9H14ClN3O2/c1-6-7(10)5-13(12-6)4-3-8(11)9(14)15-2/h5,8H,3-4,11H2,1-2H3. The topological polar surface area (TPSA) is 70.1 Å². The molecular formula is C9H14ClN3O2. The maximum atomic E-state index is 11.0. The summed E-state index contributed by atoms with van der Waals surface area (Å²) < 4.78 is 6.18. The summed E-state index contributed by atoms with van der Waals surface area (Å²) in [5.74, 6) is -0.412. The average Bonchev–Trinajstić information content (AvgIpc) is 2.54. The van der Waals surface area contributed by atoms with Gasteiger partial charge in [0.05, 0.1) is 17.8 Å². The van der Waals surface area contributed by atoms with Gasteiger partial charge in [-0.05, 0) is 13.3 Å². The second kappa shape index (κ2) is 5.14. The highest BCUT2D eigenvalue weighted by Crippen LogP contribution is 2.12. The highest BCUT2D eigenvalue weighted by molar-refractivity contribution is 6.31. The maximum absolute atomic E-state index is 11.0. The Kier molecular flexibility index (Phi) is 4.11. The van der Waals surface area contributed by atoms with E-state index >= 15 is 0 Å². The predicted molar refractivity (Wildman–Crippen MR) is 56.6 cm³/mol. The molecule has 0 fully saturated rings. The van der Waals surface area contributed by atoms with Crippen molar-refractivity contribution in [1.29, 1.82) is 0 Å². The van der Waals surface area contributed by atoms with Crippen molar-refractivity contribution in [3.8, 4) is 0 Å². The Morgan fingerprint density at radius 2 is 2.47 bits per heavy atom. The number of hydrogen-bond donors (Lipinski definition) is 1. The van der Waals surface area contributed by atoms with Gasteiger partial charge in [0.2, 0.25) is 0 Å².